The van der Waals surface area contributed by atoms with Gasteiger partial charge in [-0.15, -0.1) is 0 Å². The maximum atomic E-state index is 11.5. The van der Waals surface area contributed by atoms with Gasteiger partial charge in [-0.1, -0.05) is 44.2 Å². The van der Waals surface area contributed by atoms with Gasteiger partial charge in [0.1, 0.15) is 0 Å². The Kier molecular flexibility index (Phi) is 5.20. The summed E-state index contributed by atoms with van der Waals surface area (Å²) in [6.07, 6.45) is 1.10. The van der Waals surface area contributed by atoms with Gasteiger partial charge >= 0.3 is 5.69 Å². The SMILES string of the molecule is CC1CC(C)CN(c2nc(NCc3ccccc3)nc(N)c2[N+](=O)[O-])C1. The van der Waals surface area contributed by atoms with E-state index in [0.29, 0.717) is 30.1 Å². The van der Waals surface area contributed by atoms with Crippen molar-refractivity contribution in [3.63, 3.8) is 0 Å². The third-order valence-electron chi connectivity index (χ3n) is 4.54. The molecule has 26 heavy (non-hydrogen) atoms. The minimum absolute atomic E-state index is 0.110. The van der Waals surface area contributed by atoms with Crippen molar-refractivity contribution < 1.29 is 4.92 Å². The van der Waals surface area contributed by atoms with Crippen molar-refractivity contribution >= 4 is 23.3 Å². The molecular weight excluding hydrogens is 332 g/mol. The Bertz CT molecular complexity index is 773. The Labute approximate surface area is 152 Å². The highest BCUT2D eigenvalue weighted by Gasteiger charge is 2.31. The maximum Gasteiger partial charge on any atom is 0.353 e. The number of hydrogen-bond donors (Lipinski definition) is 2. The molecule has 1 aromatic carbocycles. The van der Waals surface area contributed by atoms with Crippen LogP contribution in [0, 0.1) is 22.0 Å². The second-order valence-corrected chi connectivity index (χ2v) is 7.05. The van der Waals surface area contributed by atoms with E-state index in [1.165, 1.54) is 0 Å². The first kappa shape index (κ1) is 17.9. The lowest BCUT2D eigenvalue weighted by Gasteiger charge is -2.35. The highest BCUT2D eigenvalue weighted by molar-refractivity contribution is 5.71. The Hall–Kier alpha value is -2.90. The third kappa shape index (κ3) is 4.01. The number of hydrogen-bond acceptors (Lipinski definition) is 7. The Morgan fingerprint density at radius 2 is 1.88 bits per heavy atom. The van der Waals surface area contributed by atoms with E-state index in [1.807, 2.05) is 35.2 Å². The first-order valence-corrected chi connectivity index (χ1v) is 8.78. The Morgan fingerprint density at radius 3 is 2.50 bits per heavy atom. The predicted octanol–water partition coefficient (Wildman–Crippen LogP) is 3.06. The number of nitrogens with two attached hydrogens (primary N) is 1. The van der Waals surface area contributed by atoms with Gasteiger partial charge in [0.25, 0.3) is 0 Å². The molecule has 0 bridgehead atoms. The largest absolute Gasteiger partial charge is 0.378 e. The second-order valence-electron chi connectivity index (χ2n) is 7.05. The molecular formula is C18H24N6O2. The summed E-state index contributed by atoms with van der Waals surface area (Å²) >= 11 is 0. The first-order chi connectivity index (χ1) is 12.4. The zero-order chi connectivity index (χ0) is 18.7. The van der Waals surface area contributed by atoms with Crippen LogP contribution in [0.2, 0.25) is 0 Å². The number of nitrogen functional groups attached to an aromatic ring is 1. The van der Waals surface area contributed by atoms with Gasteiger partial charge in [-0.05, 0) is 23.8 Å². The van der Waals surface area contributed by atoms with E-state index in [9.17, 15) is 10.1 Å². The molecule has 0 aliphatic carbocycles. The monoisotopic (exact) mass is 356 g/mol. The van der Waals surface area contributed by atoms with Crippen LogP contribution >= 0.6 is 0 Å². The van der Waals surface area contributed by atoms with Crippen LogP contribution in [0.5, 0.6) is 0 Å². The van der Waals surface area contributed by atoms with E-state index in [4.69, 9.17) is 5.73 Å². The topological polar surface area (TPSA) is 110 Å². The summed E-state index contributed by atoms with van der Waals surface area (Å²) in [7, 11) is 0. The normalized spacial score (nSPS) is 20.0. The summed E-state index contributed by atoms with van der Waals surface area (Å²) in [6, 6.07) is 9.81. The first-order valence-electron chi connectivity index (χ1n) is 8.78. The molecule has 3 rings (SSSR count). The van der Waals surface area contributed by atoms with E-state index in [-0.39, 0.29) is 11.5 Å². The molecule has 8 nitrogen and oxygen atoms in total. The molecule has 2 heterocycles. The fourth-order valence-corrected chi connectivity index (χ4v) is 3.55. The molecule has 2 atom stereocenters. The summed E-state index contributed by atoms with van der Waals surface area (Å²) in [5.41, 5.74) is 6.76. The van der Waals surface area contributed by atoms with Crippen LogP contribution in [-0.4, -0.2) is 28.0 Å². The lowest BCUT2D eigenvalue weighted by atomic mass is 9.92. The van der Waals surface area contributed by atoms with Crippen molar-refractivity contribution in [2.75, 3.05) is 29.0 Å². The molecule has 1 saturated heterocycles. The molecule has 138 valence electrons. The minimum Gasteiger partial charge on any atom is -0.378 e. The van der Waals surface area contributed by atoms with Gasteiger partial charge in [0, 0.05) is 19.6 Å². The van der Waals surface area contributed by atoms with Crippen LogP contribution in [-0.2, 0) is 6.54 Å². The molecule has 2 unspecified atom stereocenters. The smallest absolute Gasteiger partial charge is 0.353 e. The Morgan fingerprint density at radius 1 is 1.23 bits per heavy atom. The van der Waals surface area contributed by atoms with Crippen LogP contribution in [0.4, 0.5) is 23.3 Å². The number of nitrogens with one attached hydrogen (secondary N) is 1. The maximum absolute atomic E-state index is 11.5. The molecule has 3 N–H and O–H groups in total. The van der Waals surface area contributed by atoms with Gasteiger partial charge in [0.05, 0.1) is 4.92 Å². The number of anilines is 3. The van der Waals surface area contributed by atoms with Crippen molar-refractivity contribution in [2.24, 2.45) is 11.8 Å². The van der Waals surface area contributed by atoms with Crippen molar-refractivity contribution in [1.82, 2.24) is 9.97 Å². The zero-order valence-corrected chi connectivity index (χ0v) is 15.1. The minimum atomic E-state index is -0.490. The van der Waals surface area contributed by atoms with Crippen molar-refractivity contribution in [2.45, 2.75) is 26.8 Å². The summed E-state index contributed by atoms with van der Waals surface area (Å²) < 4.78 is 0. The summed E-state index contributed by atoms with van der Waals surface area (Å²) in [4.78, 5) is 21.5. The van der Waals surface area contributed by atoms with Gasteiger partial charge in [0.15, 0.2) is 0 Å². The van der Waals surface area contributed by atoms with Crippen molar-refractivity contribution in [1.29, 1.82) is 0 Å². The van der Waals surface area contributed by atoms with E-state index in [2.05, 4.69) is 29.1 Å². The van der Waals surface area contributed by atoms with E-state index >= 15 is 0 Å². The van der Waals surface area contributed by atoms with Crippen LogP contribution < -0.4 is 16.0 Å². The molecule has 0 saturated carbocycles. The number of piperidine rings is 1. The van der Waals surface area contributed by atoms with Crippen LogP contribution in [0.15, 0.2) is 30.3 Å². The molecule has 1 aliphatic rings. The number of nitro groups is 1. The van der Waals surface area contributed by atoms with Gasteiger partial charge in [-0.3, -0.25) is 10.1 Å². The van der Waals surface area contributed by atoms with Crippen molar-refractivity contribution in [3.05, 3.63) is 46.0 Å². The summed E-state index contributed by atoms with van der Waals surface area (Å²) in [5, 5.41) is 14.7. The van der Waals surface area contributed by atoms with E-state index in [0.717, 1.165) is 25.1 Å². The molecule has 1 fully saturated rings. The van der Waals surface area contributed by atoms with Crippen LogP contribution in [0.3, 0.4) is 0 Å². The van der Waals surface area contributed by atoms with Gasteiger partial charge in [-0.2, -0.15) is 9.97 Å². The molecule has 2 aromatic rings. The number of benzene rings is 1. The third-order valence-corrected chi connectivity index (χ3v) is 4.54. The van der Waals surface area contributed by atoms with Gasteiger partial charge in [-0.25, -0.2) is 0 Å². The lowest BCUT2D eigenvalue weighted by Crippen LogP contribution is -2.39. The average Bonchev–Trinajstić information content (AvgIpc) is 2.59. The summed E-state index contributed by atoms with van der Waals surface area (Å²) in [5.74, 6) is 1.38. The molecule has 8 heteroatoms. The standard InChI is InChI=1S/C18H24N6O2/c1-12-8-13(2)11-23(10-12)17-15(24(25)26)16(19)21-18(22-17)20-9-14-6-4-3-5-7-14/h3-7,12-13H,8-11H2,1-2H3,(H3,19,20,21,22). The molecule has 0 amide bonds. The number of aromatic nitrogens is 2. The van der Waals surface area contributed by atoms with Gasteiger partial charge < -0.3 is 16.0 Å². The quantitative estimate of drug-likeness (QED) is 0.625. The molecule has 1 aliphatic heterocycles. The van der Waals surface area contributed by atoms with Crippen LogP contribution in [0.25, 0.3) is 0 Å². The van der Waals surface area contributed by atoms with E-state index < -0.39 is 4.92 Å². The fourth-order valence-electron chi connectivity index (χ4n) is 3.55. The average molecular weight is 356 g/mol. The van der Waals surface area contributed by atoms with E-state index in [1.54, 1.807) is 0 Å². The molecule has 0 spiro atoms. The van der Waals surface area contributed by atoms with Crippen molar-refractivity contribution in [3.8, 4) is 0 Å². The van der Waals surface area contributed by atoms with Gasteiger partial charge in [0.2, 0.25) is 17.6 Å². The lowest BCUT2D eigenvalue weighted by molar-refractivity contribution is -0.383. The summed E-state index contributed by atoms with van der Waals surface area (Å²) in [6.45, 7) is 6.26. The number of rotatable bonds is 5. The predicted molar refractivity (Wildman–Crippen MR) is 102 cm³/mol. The Balaban J connectivity index is 1.90. The molecule has 0 radical (unpaired) electrons. The number of nitrogens with zero attached hydrogens (tertiary/aromatic N) is 4. The van der Waals surface area contributed by atoms with Crippen LogP contribution in [0.1, 0.15) is 25.8 Å². The highest BCUT2D eigenvalue weighted by atomic mass is 16.6. The highest BCUT2D eigenvalue weighted by Crippen LogP contribution is 2.35. The molecule has 1 aromatic heterocycles. The second kappa shape index (κ2) is 7.55. The fraction of sp³-hybridized carbons (Fsp3) is 0.444. The zero-order valence-electron chi connectivity index (χ0n) is 15.1.